The number of amides is 1. The minimum Gasteiger partial charge on any atom is -0.330 e. The molecule has 1 unspecified atom stereocenters. The molecule has 0 saturated carbocycles. The van der Waals surface area contributed by atoms with Gasteiger partial charge in [-0.15, -0.1) is 0 Å². The summed E-state index contributed by atoms with van der Waals surface area (Å²) in [7, 11) is 0. The predicted octanol–water partition coefficient (Wildman–Crippen LogP) is 2.12. The van der Waals surface area contributed by atoms with Gasteiger partial charge in [0.2, 0.25) is 5.91 Å². The Morgan fingerprint density at radius 3 is 2.87 bits per heavy atom. The molecule has 0 aliphatic rings. The molecule has 0 heterocycles. The van der Waals surface area contributed by atoms with Gasteiger partial charge in [-0.2, -0.15) is 0 Å². The van der Waals surface area contributed by atoms with Gasteiger partial charge in [0.15, 0.2) is 0 Å². The Kier molecular flexibility index (Phi) is 4.23. The van der Waals surface area contributed by atoms with Gasteiger partial charge in [0.05, 0.1) is 5.69 Å². The maximum Gasteiger partial charge on any atom is 0.228 e. The Hall–Kier alpha value is -0.940. The van der Waals surface area contributed by atoms with Crippen LogP contribution >= 0.6 is 15.9 Å². The Morgan fingerprint density at radius 1 is 1.67 bits per heavy atom. The number of nitrogens with one attached hydrogen (secondary N) is 1. The van der Waals surface area contributed by atoms with E-state index in [2.05, 4.69) is 21.2 Å². The molecular weight excluding hydrogens is 263 g/mol. The van der Waals surface area contributed by atoms with E-state index in [0.717, 1.165) is 0 Å². The first-order chi connectivity index (χ1) is 7.06. The summed E-state index contributed by atoms with van der Waals surface area (Å²) in [6.07, 6.45) is 0. The molecule has 1 amide bonds. The molecule has 0 aliphatic heterocycles. The topological polar surface area (TPSA) is 55.1 Å². The van der Waals surface area contributed by atoms with Crippen LogP contribution in [0.1, 0.15) is 6.92 Å². The number of rotatable bonds is 3. The van der Waals surface area contributed by atoms with Crippen molar-refractivity contribution in [2.24, 2.45) is 11.7 Å². The predicted molar refractivity (Wildman–Crippen MR) is 60.9 cm³/mol. The Bertz CT molecular complexity index is 350. The maximum absolute atomic E-state index is 13.3. The lowest BCUT2D eigenvalue weighted by molar-refractivity contribution is -0.119. The van der Waals surface area contributed by atoms with Crippen LogP contribution in [0.3, 0.4) is 0 Å². The second kappa shape index (κ2) is 5.23. The van der Waals surface area contributed by atoms with Crippen molar-refractivity contribution in [2.45, 2.75) is 6.92 Å². The fourth-order valence-corrected chi connectivity index (χ4v) is 1.41. The molecule has 3 N–H and O–H groups in total. The fourth-order valence-electron chi connectivity index (χ4n) is 0.971. The molecule has 0 fully saturated rings. The summed E-state index contributed by atoms with van der Waals surface area (Å²) in [5.41, 5.74) is 5.49. The first-order valence-corrected chi connectivity index (χ1v) is 5.30. The van der Waals surface area contributed by atoms with Crippen molar-refractivity contribution in [3.63, 3.8) is 0 Å². The van der Waals surface area contributed by atoms with Gasteiger partial charge >= 0.3 is 0 Å². The molecule has 5 heteroatoms. The summed E-state index contributed by atoms with van der Waals surface area (Å²) in [6.45, 7) is 1.92. The number of nitrogens with two attached hydrogens (primary N) is 1. The molecule has 82 valence electrons. The second-order valence-electron chi connectivity index (χ2n) is 3.22. The smallest absolute Gasteiger partial charge is 0.228 e. The van der Waals surface area contributed by atoms with Crippen LogP contribution in [0.2, 0.25) is 0 Å². The minimum absolute atomic E-state index is 0.155. The second-order valence-corrected chi connectivity index (χ2v) is 4.08. The number of carbonyl (C=O) groups is 1. The molecule has 1 atom stereocenters. The molecule has 15 heavy (non-hydrogen) atoms. The van der Waals surface area contributed by atoms with E-state index in [9.17, 15) is 9.18 Å². The highest BCUT2D eigenvalue weighted by Crippen LogP contribution is 2.25. The van der Waals surface area contributed by atoms with E-state index < -0.39 is 5.82 Å². The number of hydrogen-bond donors (Lipinski definition) is 2. The van der Waals surface area contributed by atoms with E-state index in [1.807, 2.05) is 0 Å². The average Bonchev–Trinajstić information content (AvgIpc) is 2.22. The van der Waals surface area contributed by atoms with Crippen LogP contribution in [0.15, 0.2) is 22.7 Å². The largest absolute Gasteiger partial charge is 0.330 e. The third-order valence-corrected chi connectivity index (χ3v) is 2.67. The fraction of sp³-hybridized carbons (Fsp3) is 0.300. The monoisotopic (exact) mass is 274 g/mol. The standard InChI is InChI=1S/C10H12BrFN2O/c1-6(5-13)10(15)14-9-7(11)3-2-4-8(9)12/h2-4,6H,5,13H2,1H3,(H,14,15). The van der Waals surface area contributed by atoms with Crippen LogP contribution in [-0.2, 0) is 4.79 Å². The number of halogens is 2. The van der Waals surface area contributed by atoms with E-state index >= 15 is 0 Å². The van der Waals surface area contributed by atoms with Gasteiger partial charge in [0.1, 0.15) is 5.82 Å². The summed E-state index contributed by atoms with van der Waals surface area (Å²) in [4.78, 5) is 11.5. The molecule has 1 rings (SSSR count). The van der Waals surface area contributed by atoms with Crippen molar-refractivity contribution in [1.29, 1.82) is 0 Å². The summed E-state index contributed by atoms with van der Waals surface area (Å²) in [5.74, 6) is -1.10. The van der Waals surface area contributed by atoms with Gasteiger partial charge in [0.25, 0.3) is 0 Å². The van der Waals surface area contributed by atoms with E-state index in [1.54, 1.807) is 19.1 Å². The third kappa shape index (κ3) is 3.00. The molecule has 0 radical (unpaired) electrons. The third-order valence-electron chi connectivity index (χ3n) is 2.01. The minimum atomic E-state index is -0.470. The molecule has 0 saturated heterocycles. The normalized spacial score (nSPS) is 12.3. The lowest BCUT2D eigenvalue weighted by atomic mass is 10.1. The van der Waals surface area contributed by atoms with E-state index in [0.29, 0.717) is 4.47 Å². The summed E-state index contributed by atoms with van der Waals surface area (Å²) >= 11 is 3.16. The van der Waals surface area contributed by atoms with E-state index in [4.69, 9.17) is 5.73 Å². The van der Waals surface area contributed by atoms with Gasteiger partial charge in [0, 0.05) is 16.9 Å². The van der Waals surface area contributed by atoms with Crippen LogP contribution in [0.5, 0.6) is 0 Å². The van der Waals surface area contributed by atoms with Crippen molar-refractivity contribution in [1.82, 2.24) is 0 Å². The molecule has 0 aliphatic carbocycles. The molecule has 1 aromatic carbocycles. The Morgan fingerprint density at radius 2 is 2.33 bits per heavy atom. The Balaban J connectivity index is 2.85. The van der Waals surface area contributed by atoms with Crippen LogP contribution in [0, 0.1) is 11.7 Å². The van der Waals surface area contributed by atoms with Gasteiger partial charge < -0.3 is 11.1 Å². The SMILES string of the molecule is CC(CN)C(=O)Nc1c(F)cccc1Br. The zero-order valence-corrected chi connectivity index (χ0v) is 9.84. The zero-order valence-electron chi connectivity index (χ0n) is 8.26. The Labute approximate surface area is 96.0 Å². The van der Waals surface area contributed by atoms with Crippen molar-refractivity contribution in [2.75, 3.05) is 11.9 Å². The number of para-hydroxylation sites is 1. The zero-order chi connectivity index (χ0) is 11.4. The van der Waals surface area contributed by atoms with Gasteiger partial charge in [-0.3, -0.25) is 4.79 Å². The van der Waals surface area contributed by atoms with Crippen molar-refractivity contribution >= 4 is 27.5 Å². The first-order valence-electron chi connectivity index (χ1n) is 4.51. The lowest BCUT2D eigenvalue weighted by Crippen LogP contribution is -2.27. The maximum atomic E-state index is 13.3. The number of hydrogen-bond acceptors (Lipinski definition) is 2. The number of benzene rings is 1. The summed E-state index contributed by atoms with van der Waals surface area (Å²) in [5, 5.41) is 2.49. The quantitative estimate of drug-likeness (QED) is 0.887. The van der Waals surface area contributed by atoms with E-state index in [1.165, 1.54) is 6.07 Å². The van der Waals surface area contributed by atoms with Gasteiger partial charge in [-0.1, -0.05) is 13.0 Å². The van der Waals surface area contributed by atoms with Crippen LogP contribution in [0.4, 0.5) is 10.1 Å². The average molecular weight is 275 g/mol. The highest BCUT2D eigenvalue weighted by molar-refractivity contribution is 9.10. The van der Waals surface area contributed by atoms with Crippen LogP contribution in [0.25, 0.3) is 0 Å². The van der Waals surface area contributed by atoms with Crippen molar-refractivity contribution in [3.8, 4) is 0 Å². The highest BCUT2D eigenvalue weighted by atomic mass is 79.9. The molecule has 3 nitrogen and oxygen atoms in total. The number of carbonyl (C=O) groups excluding carboxylic acids is 1. The van der Waals surface area contributed by atoms with Crippen molar-refractivity contribution < 1.29 is 9.18 Å². The van der Waals surface area contributed by atoms with E-state index in [-0.39, 0.29) is 24.1 Å². The summed E-state index contributed by atoms with van der Waals surface area (Å²) in [6, 6.07) is 4.50. The van der Waals surface area contributed by atoms with Gasteiger partial charge in [-0.05, 0) is 28.1 Å². The molecule has 1 aromatic rings. The van der Waals surface area contributed by atoms with Gasteiger partial charge in [-0.25, -0.2) is 4.39 Å². The molecule has 0 bridgehead atoms. The van der Waals surface area contributed by atoms with Crippen LogP contribution in [-0.4, -0.2) is 12.5 Å². The molecular formula is C10H12BrFN2O. The molecule has 0 aromatic heterocycles. The summed E-state index contributed by atoms with van der Waals surface area (Å²) < 4.78 is 13.8. The van der Waals surface area contributed by atoms with Crippen molar-refractivity contribution in [3.05, 3.63) is 28.5 Å². The number of anilines is 1. The lowest BCUT2D eigenvalue weighted by Gasteiger charge is -2.11. The van der Waals surface area contributed by atoms with Crippen LogP contribution < -0.4 is 11.1 Å². The first kappa shape index (κ1) is 12.1. The molecule has 0 spiro atoms. The highest BCUT2D eigenvalue weighted by Gasteiger charge is 2.14.